The van der Waals surface area contributed by atoms with E-state index in [2.05, 4.69) is 15.7 Å². The molecule has 0 saturated carbocycles. The zero-order valence-electron chi connectivity index (χ0n) is 17.5. The fraction of sp³-hybridized carbons (Fsp3) is 0.217. The fourth-order valence-electron chi connectivity index (χ4n) is 3.84. The number of alkyl carbamates (subject to hydrolysis) is 1. The Kier molecular flexibility index (Phi) is 5.63. The van der Waals surface area contributed by atoms with Crippen LogP contribution >= 0.6 is 0 Å². The summed E-state index contributed by atoms with van der Waals surface area (Å²) in [6, 6.07) is 15.0. The molecule has 164 valence electrons. The topological polar surface area (TPSA) is 123 Å². The zero-order valence-corrected chi connectivity index (χ0v) is 17.5. The molecule has 1 aliphatic rings. The van der Waals surface area contributed by atoms with E-state index in [0.29, 0.717) is 0 Å². The van der Waals surface area contributed by atoms with E-state index in [1.807, 2.05) is 48.5 Å². The highest BCUT2D eigenvalue weighted by molar-refractivity contribution is 6.01. The maximum atomic E-state index is 12.4. The Bertz CT molecular complexity index is 1160. The maximum Gasteiger partial charge on any atom is 0.407 e. The number of fused-ring (bicyclic) bond motifs is 3. The molecule has 3 N–H and O–H groups in total. The van der Waals surface area contributed by atoms with Crippen LogP contribution in [0.2, 0.25) is 0 Å². The molecule has 0 bridgehead atoms. The fourth-order valence-corrected chi connectivity index (χ4v) is 3.84. The summed E-state index contributed by atoms with van der Waals surface area (Å²) in [5.41, 5.74) is 4.27. The number of carboxylic acids is 1. The molecule has 0 saturated heterocycles. The standard InChI is InChI=1S/C23H22N4O5/c1-13(21(28)25-20-18(22(29)30)11-27(2)26-20)24-23(31)32-12-19-16-9-5-3-7-14(16)15-8-4-6-10-17(15)19/h3-11,13,19H,12H2,1-2H3,(H,24,31)(H,29,30)(H,25,26,28)/t13-/m0/s1. The first kappa shape index (κ1) is 21.1. The molecule has 2 amide bonds. The number of carbonyl (C=O) groups is 3. The van der Waals surface area contributed by atoms with Crippen LogP contribution in [0.5, 0.6) is 0 Å². The van der Waals surface area contributed by atoms with Gasteiger partial charge in [0.2, 0.25) is 5.91 Å². The molecule has 4 rings (SSSR count). The predicted molar refractivity (Wildman–Crippen MR) is 116 cm³/mol. The monoisotopic (exact) mass is 434 g/mol. The van der Waals surface area contributed by atoms with E-state index in [1.54, 1.807) is 7.05 Å². The molecule has 1 aromatic heterocycles. The molecule has 0 unspecified atom stereocenters. The molecule has 32 heavy (non-hydrogen) atoms. The summed E-state index contributed by atoms with van der Waals surface area (Å²) >= 11 is 0. The zero-order chi connectivity index (χ0) is 22.8. The minimum Gasteiger partial charge on any atom is -0.477 e. The molecular weight excluding hydrogens is 412 g/mol. The van der Waals surface area contributed by atoms with Gasteiger partial charge in [0, 0.05) is 19.2 Å². The van der Waals surface area contributed by atoms with E-state index in [4.69, 9.17) is 4.74 Å². The molecule has 0 fully saturated rings. The van der Waals surface area contributed by atoms with Crippen LogP contribution in [0.15, 0.2) is 54.7 Å². The number of carboxylic acid groups (broad SMARTS) is 1. The van der Waals surface area contributed by atoms with E-state index in [-0.39, 0.29) is 23.9 Å². The molecule has 9 nitrogen and oxygen atoms in total. The Labute approximate surface area is 184 Å². The van der Waals surface area contributed by atoms with Gasteiger partial charge in [-0.25, -0.2) is 9.59 Å². The van der Waals surface area contributed by atoms with Gasteiger partial charge < -0.3 is 20.5 Å². The Morgan fingerprint density at radius 1 is 1.09 bits per heavy atom. The third kappa shape index (κ3) is 4.04. The summed E-state index contributed by atoms with van der Waals surface area (Å²) in [6.45, 7) is 1.59. The van der Waals surface area contributed by atoms with Gasteiger partial charge in [0.25, 0.3) is 0 Å². The maximum absolute atomic E-state index is 12.4. The Balaban J connectivity index is 1.37. The predicted octanol–water partition coefficient (Wildman–Crippen LogP) is 2.98. The molecule has 1 heterocycles. The first-order valence-corrected chi connectivity index (χ1v) is 10.0. The lowest BCUT2D eigenvalue weighted by Crippen LogP contribution is -2.42. The lowest BCUT2D eigenvalue weighted by atomic mass is 9.98. The number of nitrogens with one attached hydrogen (secondary N) is 2. The van der Waals surface area contributed by atoms with Crippen LogP contribution in [-0.2, 0) is 16.6 Å². The molecule has 0 aliphatic heterocycles. The van der Waals surface area contributed by atoms with E-state index < -0.39 is 24.0 Å². The molecule has 0 spiro atoms. The van der Waals surface area contributed by atoms with Gasteiger partial charge in [-0.2, -0.15) is 5.10 Å². The van der Waals surface area contributed by atoms with Crippen LogP contribution in [0.3, 0.4) is 0 Å². The summed E-state index contributed by atoms with van der Waals surface area (Å²) in [6.07, 6.45) is 0.538. The summed E-state index contributed by atoms with van der Waals surface area (Å²) in [7, 11) is 1.54. The van der Waals surface area contributed by atoms with Gasteiger partial charge in [0.05, 0.1) is 0 Å². The lowest BCUT2D eigenvalue weighted by Gasteiger charge is -2.17. The van der Waals surface area contributed by atoms with Crippen LogP contribution in [0.4, 0.5) is 10.6 Å². The number of benzene rings is 2. The number of hydrogen-bond acceptors (Lipinski definition) is 5. The van der Waals surface area contributed by atoms with Gasteiger partial charge in [-0.1, -0.05) is 48.5 Å². The van der Waals surface area contributed by atoms with Crippen LogP contribution in [-0.4, -0.2) is 45.5 Å². The summed E-state index contributed by atoms with van der Waals surface area (Å²) < 4.78 is 6.71. The lowest BCUT2D eigenvalue weighted by molar-refractivity contribution is -0.117. The number of aryl methyl sites for hydroxylation is 1. The smallest absolute Gasteiger partial charge is 0.407 e. The number of ether oxygens (including phenoxy) is 1. The van der Waals surface area contributed by atoms with Gasteiger partial charge in [0.15, 0.2) is 5.82 Å². The summed E-state index contributed by atoms with van der Waals surface area (Å²) in [5.74, 6) is -2.01. The van der Waals surface area contributed by atoms with Gasteiger partial charge in [0.1, 0.15) is 18.2 Å². The largest absolute Gasteiger partial charge is 0.477 e. The van der Waals surface area contributed by atoms with Crippen LogP contribution in [0.1, 0.15) is 34.3 Å². The highest BCUT2D eigenvalue weighted by atomic mass is 16.5. The number of anilines is 1. The van der Waals surface area contributed by atoms with Crippen LogP contribution < -0.4 is 10.6 Å². The Morgan fingerprint density at radius 3 is 2.28 bits per heavy atom. The molecule has 0 radical (unpaired) electrons. The van der Waals surface area contributed by atoms with E-state index in [1.165, 1.54) is 17.8 Å². The second-order valence-electron chi connectivity index (χ2n) is 7.55. The molecular formula is C23H22N4O5. The Hall–Kier alpha value is -4.14. The third-order valence-electron chi connectivity index (χ3n) is 5.37. The molecule has 1 atom stereocenters. The number of amides is 2. The van der Waals surface area contributed by atoms with Crippen molar-refractivity contribution in [3.8, 4) is 11.1 Å². The second-order valence-corrected chi connectivity index (χ2v) is 7.55. The van der Waals surface area contributed by atoms with Crippen molar-refractivity contribution in [2.24, 2.45) is 7.05 Å². The van der Waals surface area contributed by atoms with E-state index >= 15 is 0 Å². The Morgan fingerprint density at radius 2 is 1.69 bits per heavy atom. The first-order valence-electron chi connectivity index (χ1n) is 10.0. The highest BCUT2D eigenvalue weighted by Gasteiger charge is 2.29. The molecule has 2 aromatic carbocycles. The van der Waals surface area contributed by atoms with Gasteiger partial charge in [-0.05, 0) is 29.2 Å². The van der Waals surface area contributed by atoms with Crippen molar-refractivity contribution in [3.63, 3.8) is 0 Å². The molecule has 3 aromatic rings. The second kappa shape index (κ2) is 8.54. The van der Waals surface area contributed by atoms with Crippen molar-refractivity contribution in [2.45, 2.75) is 18.9 Å². The number of aromatic carboxylic acids is 1. The van der Waals surface area contributed by atoms with Crippen molar-refractivity contribution >= 4 is 23.8 Å². The molecule has 9 heteroatoms. The number of rotatable bonds is 6. The first-order chi connectivity index (χ1) is 15.3. The van der Waals surface area contributed by atoms with E-state index in [0.717, 1.165) is 22.3 Å². The average molecular weight is 434 g/mol. The van der Waals surface area contributed by atoms with Crippen molar-refractivity contribution in [3.05, 3.63) is 71.4 Å². The SMILES string of the molecule is C[C@H](NC(=O)OCC1c2ccccc2-c2ccccc21)C(=O)Nc1nn(C)cc1C(=O)O. The van der Waals surface area contributed by atoms with Crippen molar-refractivity contribution in [1.82, 2.24) is 15.1 Å². The minimum absolute atomic E-state index is 0.0915. The van der Waals surface area contributed by atoms with Crippen LogP contribution in [0.25, 0.3) is 11.1 Å². The highest BCUT2D eigenvalue weighted by Crippen LogP contribution is 2.44. The van der Waals surface area contributed by atoms with Gasteiger partial charge in [-0.15, -0.1) is 0 Å². The normalized spacial score (nSPS) is 13.1. The number of carbonyl (C=O) groups excluding carboxylic acids is 2. The van der Waals surface area contributed by atoms with Crippen molar-refractivity contribution in [2.75, 3.05) is 11.9 Å². The van der Waals surface area contributed by atoms with Gasteiger partial charge >= 0.3 is 12.1 Å². The minimum atomic E-state index is -1.22. The number of hydrogen-bond donors (Lipinski definition) is 3. The number of nitrogens with zero attached hydrogens (tertiary/aromatic N) is 2. The average Bonchev–Trinajstić information content (AvgIpc) is 3.30. The number of aromatic nitrogens is 2. The van der Waals surface area contributed by atoms with Gasteiger partial charge in [-0.3, -0.25) is 9.48 Å². The van der Waals surface area contributed by atoms with Crippen molar-refractivity contribution in [1.29, 1.82) is 0 Å². The van der Waals surface area contributed by atoms with Crippen LogP contribution in [0, 0.1) is 0 Å². The third-order valence-corrected chi connectivity index (χ3v) is 5.37. The summed E-state index contributed by atoms with van der Waals surface area (Å²) in [5, 5.41) is 18.0. The summed E-state index contributed by atoms with van der Waals surface area (Å²) in [4.78, 5) is 36.0. The quantitative estimate of drug-likeness (QED) is 0.548. The van der Waals surface area contributed by atoms with Crippen molar-refractivity contribution < 1.29 is 24.2 Å². The molecule has 1 aliphatic carbocycles. The van der Waals surface area contributed by atoms with E-state index in [9.17, 15) is 19.5 Å².